The number of amides is 1. The molecule has 0 bridgehead atoms. The third kappa shape index (κ3) is 5.51. The average molecular weight is 546 g/mol. The molecule has 2 heterocycles. The summed E-state index contributed by atoms with van der Waals surface area (Å²) in [4.78, 5) is 29.0. The smallest absolute Gasteiger partial charge is 0.354 e. The number of hydrogen-bond donors (Lipinski definition) is 2. The lowest BCUT2D eigenvalue weighted by molar-refractivity contribution is -0.118. The van der Waals surface area contributed by atoms with Gasteiger partial charge in [-0.1, -0.05) is 55.8 Å². The summed E-state index contributed by atoms with van der Waals surface area (Å²) in [6.45, 7) is 4.57. The number of fused-ring (bicyclic) bond motifs is 1. The number of carboxylic acid groups (broad SMARTS) is 1. The van der Waals surface area contributed by atoms with E-state index < -0.39 is 17.2 Å². The summed E-state index contributed by atoms with van der Waals surface area (Å²) in [5.74, 6) is -1.58. The summed E-state index contributed by atoms with van der Waals surface area (Å²) in [5, 5.41) is 10.5. The van der Waals surface area contributed by atoms with Crippen LogP contribution < -0.4 is 4.31 Å². The van der Waals surface area contributed by atoms with Crippen LogP contribution in [0.4, 0.5) is 5.69 Å². The van der Waals surface area contributed by atoms with E-state index in [9.17, 15) is 23.5 Å². The van der Waals surface area contributed by atoms with Crippen LogP contribution in [-0.2, 0) is 29.0 Å². The third-order valence-corrected chi connectivity index (χ3v) is 7.86. The van der Waals surface area contributed by atoms with Gasteiger partial charge >= 0.3 is 5.97 Å². The molecule has 0 aliphatic heterocycles. The van der Waals surface area contributed by atoms with Crippen LogP contribution in [0, 0.1) is 12.8 Å². The van der Waals surface area contributed by atoms with Gasteiger partial charge in [-0.15, -0.1) is 0 Å². The van der Waals surface area contributed by atoms with Crippen molar-refractivity contribution in [2.24, 2.45) is 5.92 Å². The minimum atomic E-state index is -2.47. The lowest BCUT2D eigenvalue weighted by Gasteiger charge is -2.21. The number of carbonyl (C=O) groups excluding carboxylic acids is 1. The Bertz CT molecular complexity index is 1570. The summed E-state index contributed by atoms with van der Waals surface area (Å²) in [5.41, 5.74) is 5.60. The number of unbranched alkanes of at least 4 members (excludes halogenated alkanes) is 1. The van der Waals surface area contributed by atoms with Crippen molar-refractivity contribution in [2.75, 3.05) is 4.31 Å². The van der Waals surface area contributed by atoms with E-state index >= 15 is 0 Å². The molecular weight excluding hydrogens is 514 g/mol. The molecule has 0 radical (unpaired) electrons. The van der Waals surface area contributed by atoms with Crippen LogP contribution in [0.15, 0.2) is 60.7 Å². The van der Waals surface area contributed by atoms with E-state index in [0.29, 0.717) is 23.4 Å². The number of anilines is 1. The van der Waals surface area contributed by atoms with E-state index in [2.05, 4.69) is 22.5 Å². The Morgan fingerprint density at radius 2 is 1.82 bits per heavy atom. The molecule has 39 heavy (non-hydrogen) atoms. The molecule has 2 aromatic carbocycles. The third-order valence-electron chi connectivity index (χ3n) is 7.18. The highest BCUT2D eigenvalue weighted by molar-refractivity contribution is 7.81. The Morgan fingerprint density at radius 3 is 2.46 bits per heavy atom. The van der Waals surface area contributed by atoms with E-state index in [0.717, 1.165) is 64.2 Å². The zero-order chi connectivity index (χ0) is 27.7. The van der Waals surface area contributed by atoms with Gasteiger partial charge < -0.3 is 9.67 Å². The molecule has 1 saturated carbocycles. The molecule has 1 fully saturated rings. The molecule has 1 unspecified atom stereocenters. The fraction of sp³-hybridized carbons (Fsp3) is 0.300. The van der Waals surface area contributed by atoms with Gasteiger partial charge in [0.2, 0.25) is 5.91 Å². The molecule has 8 nitrogen and oxygen atoms in total. The Hall–Kier alpha value is -3.82. The van der Waals surface area contributed by atoms with Crippen LogP contribution in [0.2, 0.25) is 0 Å². The predicted octanol–water partition coefficient (Wildman–Crippen LogP) is 5.98. The molecule has 2 N–H and O–H groups in total. The first-order valence-electron chi connectivity index (χ1n) is 13.1. The maximum absolute atomic E-state index is 12.8. The van der Waals surface area contributed by atoms with Gasteiger partial charge in [0, 0.05) is 29.1 Å². The average Bonchev–Trinajstić information content (AvgIpc) is 3.71. The van der Waals surface area contributed by atoms with Crippen molar-refractivity contribution in [3.63, 3.8) is 0 Å². The minimum Gasteiger partial charge on any atom is -0.477 e. The number of para-hydroxylation sites is 1. The predicted molar refractivity (Wildman–Crippen MR) is 152 cm³/mol. The normalized spacial score (nSPS) is 13.9. The van der Waals surface area contributed by atoms with Crippen molar-refractivity contribution in [3.05, 3.63) is 83.2 Å². The summed E-state index contributed by atoms with van der Waals surface area (Å²) < 4.78 is 25.2. The first kappa shape index (κ1) is 26.8. The summed E-state index contributed by atoms with van der Waals surface area (Å²) in [6, 6.07) is 18.7. The maximum Gasteiger partial charge on any atom is 0.354 e. The van der Waals surface area contributed by atoms with E-state index in [1.54, 1.807) is 18.2 Å². The van der Waals surface area contributed by atoms with Gasteiger partial charge in [-0.05, 0) is 67.5 Å². The second-order valence-electron chi connectivity index (χ2n) is 10.0. The fourth-order valence-corrected chi connectivity index (χ4v) is 5.56. The van der Waals surface area contributed by atoms with Crippen LogP contribution in [-0.4, -0.2) is 35.3 Å². The Kier molecular flexibility index (Phi) is 7.63. The second-order valence-corrected chi connectivity index (χ2v) is 10.9. The molecule has 9 heteroatoms. The van der Waals surface area contributed by atoms with E-state index in [1.165, 1.54) is 0 Å². The number of nitrogens with zero attached hydrogens (tertiary/aromatic N) is 3. The topological polar surface area (TPSA) is 113 Å². The van der Waals surface area contributed by atoms with Gasteiger partial charge in [0.05, 0.1) is 5.69 Å². The molecule has 0 spiro atoms. The standard InChI is InChI=1S/C30H31N3O5S/c1-3-4-7-23-17-25-19(2)16-26(30(35)36)31-28(25)32(23)18-20-10-12-21(13-11-20)24-8-5-6-9-27(24)33(39(37)38)29(34)22-14-15-22/h5-6,8-13,16-17,22H,3-4,7,14-15,18H2,1-2H3,(H,35,36)(H,37,38). The number of aryl methyl sites for hydroxylation is 2. The fourth-order valence-electron chi connectivity index (χ4n) is 4.92. The summed E-state index contributed by atoms with van der Waals surface area (Å²) in [6.07, 6.45) is 4.39. The van der Waals surface area contributed by atoms with Crippen molar-refractivity contribution in [1.29, 1.82) is 0 Å². The number of carbonyl (C=O) groups is 2. The molecule has 0 saturated heterocycles. The molecule has 1 atom stereocenters. The maximum atomic E-state index is 12.8. The van der Waals surface area contributed by atoms with E-state index in [4.69, 9.17) is 0 Å². The number of carboxylic acids is 1. The van der Waals surface area contributed by atoms with E-state index in [-0.39, 0.29) is 17.5 Å². The van der Waals surface area contributed by atoms with E-state index in [1.807, 2.05) is 43.3 Å². The van der Waals surface area contributed by atoms with Crippen LogP contribution >= 0.6 is 0 Å². The lowest BCUT2D eigenvalue weighted by Crippen LogP contribution is -2.34. The number of aromatic nitrogens is 2. The molecule has 1 aliphatic carbocycles. The van der Waals surface area contributed by atoms with Crippen LogP contribution in [0.25, 0.3) is 22.2 Å². The molecular formula is C30H31N3O5S. The molecule has 1 aliphatic rings. The zero-order valence-corrected chi connectivity index (χ0v) is 22.8. The summed E-state index contributed by atoms with van der Waals surface area (Å²) >= 11 is -2.47. The van der Waals surface area contributed by atoms with Gasteiger partial charge in [-0.25, -0.2) is 18.3 Å². The first-order chi connectivity index (χ1) is 18.8. The summed E-state index contributed by atoms with van der Waals surface area (Å²) in [7, 11) is 0. The highest BCUT2D eigenvalue weighted by atomic mass is 32.2. The van der Waals surface area contributed by atoms with Crippen molar-refractivity contribution in [2.45, 2.75) is 52.5 Å². The first-order valence-corrected chi connectivity index (χ1v) is 14.2. The number of benzene rings is 2. The van der Waals surface area contributed by atoms with Crippen molar-refractivity contribution in [3.8, 4) is 11.1 Å². The van der Waals surface area contributed by atoms with Crippen molar-refractivity contribution < 1.29 is 23.5 Å². The number of aromatic carboxylic acids is 1. The highest BCUT2D eigenvalue weighted by Gasteiger charge is 2.37. The SMILES string of the molecule is CCCCc1cc2c(C)cc(C(=O)O)nc2n1Cc1ccc(-c2ccccc2N(C(=O)C2CC2)S(=O)O)cc1. The van der Waals surface area contributed by atoms with Crippen LogP contribution in [0.3, 0.4) is 0 Å². The number of pyridine rings is 1. The van der Waals surface area contributed by atoms with Crippen LogP contribution in [0.1, 0.15) is 59.9 Å². The molecule has 2 aromatic heterocycles. The van der Waals surface area contributed by atoms with Gasteiger partial charge in [-0.2, -0.15) is 0 Å². The van der Waals surface area contributed by atoms with Crippen molar-refractivity contribution in [1.82, 2.24) is 9.55 Å². The Morgan fingerprint density at radius 1 is 1.10 bits per heavy atom. The highest BCUT2D eigenvalue weighted by Crippen LogP contribution is 2.37. The number of rotatable bonds is 10. The largest absolute Gasteiger partial charge is 0.477 e. The monoisotopic (exact) mass is 545 g/mol. The van der Waals surface area contributed by atoms with Crippen molar-refractivity contribution >= 4 is 39.9 Å². The quantitative estimate of drug-likeness (QED) is 0.237. The lowest BCUT2D eigenvalue weighted by atomic mass is 10.0. The Labute approximate surface area is 229 Å². The van der Waals surface area contributed by atoms with Gasteiger partial charge in [0.1, 0.15) is 5.65 Å². The molecule has 202 valence electrons. The Balaban J connectivity index is 1.50. The number of hydrogen-bond acceptors (Lipinski definition) is 4. The molecule has 1 amide bonds. The van der Waals surface area contributed by atoms with Crippen LogP contribution in [0.5, 0.6) is 0 Å². The van der Waals surface area contributed by atoms with Gasteiger partial charge in [0.25, 0.3) is 11.3 Å². The zero-order valence-electron chi connectivity index (χ0n) is 22.0. The molecule has 5 rings (SSSR count). The molecule has 4 aromatic rings. The van der Waals surface area contributed by atoms with Gasteiger partial charge in [-0.3, -0.25) is 9.35 Å². The van der Waals surface area contributed by atoms with Gasteiger partial charge in [0.15, 0.2) is 5.69 Å². The minimum absolute atomic E-state index is 0.0277. The second kappa shape index (κ2) is 11.1.